The van der Waals surface area contributed by atoms with Crippen molar-refractivity contribution in [1.82, 2.24) is 0 Å². The van der Waals surface area contributed by atoms with Crippen LogP contribution >= 0.6 is 46.6 Å². The molecule has 0 fully saturated rings. The van der Waals surface area contributed by atoms with Gasteiger partial charge < -0.3 is 4.74 Å². The first-order valence-electron chi connectivity index (χ1n) is 4.26. The molecule has 1 aromatic rings. The topological polar surface area (TPSA) is 26.3 Å². The summed E-state index contributed by atoms with van der Waals surface area (Å²) in [6.07, 6.45) is 0. The minimum atomic E-state index is -0.585. The fourth-order valence-corrected chi connectivity index (χ4v) is 2.60. The normalized spacial score (nSPS) is 20.2. The molecule has 0 unspecified atom stereocenters. The van der Waals surface area contributed by atoms with Gasteiger partial charge in [-0.3, -0.25) is 0 Å². The summed E-state index contributed by atoms with van der Waals surface area (Å²) in [6, 6.07) is 7.13. The maximum absolute atomic E-state index is 11.1. The fraction of sp³-hybridized carbons (Fsp3) is 0.100. The Hall–Kier alpha value is -0.350. The molecule has 1 aromatic carbocycles. The van der Waals surface area contributed by atoms with Crippen molar-refractivity contribution in [3.8, 4) is 0 Å². The van der Waals surface area contributed by atoms with Gasteiger partial charge in [0.05, 0.1) is 5.03 Å². The number of cyclic esters (lactones) is 1. The largest absolute Gasteiger partial charge is 0.441 e. The molecule has 0 saturated heterocycles. The zero-order chi connectivity index (χ0) is 11.7. The maximum Gasteiger partial charge on any atom is 0.352 e. The summed E-state index contributed by atoms with van der Waals surface area (Å²) in [5, 5.41) is 0.826. The number of rotatable bonds is 2. The van der Waals surface area contributed by atoms with Crippen LogP contribution in [0.15, 0.2) is 39.2 Å². The zero-order valence-corrected chi connectivity index (χ0v) is 10.8. The summed E-state index contributed by atoms with van der Waals surface area (Å²) in [5.41, 5.74) is -0.567. The summed E-state index contributed by atoms with van der Waals surface area (Å²) < 4.78 is 4.97. The van der Waals surface area contributed by atoms with E-state index in [9.17, 15) is 4.79 Å². The first kappa shape index (κ1) is 12.1. The van der Waals surface area contributed by atoms with E-state index in [0.717, 1.165) is 4.90 Å². The lowest BCUT2D eigenvalue weighted by atomic mass is 10.4. The molecule has 0 bridgehead atoms. The zero-order valence-electron chi connectivity index (χ0n) is 7.75. The van der Waals surface area contributed by atoms with Crippen LogP contribution in [-0.2, 0) is 9.53 Å². The molecule has 0 spiro atoms. The molecular weight excluding hydrogens is 291 g/mol. The summed E-state index contributed by atoms with van der Waals surface area (Å²) in [7, 11) is 0. The van der Waals surface area contributed by atoms with Crippen LogP contribution in [0.4, 0.5) is 0 Å². The lowest BCUT2D eigenvalue weighted by Gasteiger charge is -2.09. The van der Waals surface area contributed by atoms with Crippen LogP contribution in [0.2, 0.25) is 5.02 Å². The van der Waals surface area contributed by atoms with Crippen molar-refractivity contribution in [3.63, 3.8) is 0 Å². The number of ether oxygens (including phenoxy) is 1. The second-order valence-electron chi connectivity index (χ2n) is 2.97. The highest BCUT2D eigenvalue weighted by Gasteiger charge is 2.32. The van der Waals surface area contributed by atoms with E-state index in [1.54, 1.807) is 12.1 Å². The molecule has 0 saturated carbocycles. The molecule has 2 rings (SSSR count). The second kappa shape index (κ2) is 4.88. The third-order valence-electron chi connectivity index (χ3n) is 1.87. The average Bonchev–Trinajstić information content (AvgIpc) is 2.50. The monoisotopic (exact) mass is 294 g/mol. The molecule has 2 nitrogen and oxygen atoms in total. The fourth-order valence-electron chi connectivity index (χ4n) is 1.11. The number of halogens is 3. The molecule has 1 aliphatic heterocycles. The quantitative estimate of drug-likeness (QED) is 0.771. The van der Waals surface area contributed by atoms with Gasteiger partial charge in [-0.05, 0) is 24.3 Å². The first-order chi connectivity index (χ1) is 7.58. The van der Waals surface area contributed by atoms with Gasteiger partial charge in [0.2, 0.25) is 0 Å². The molecule has 6 heteroatoms. The van der Waals surface area contributed by atoms with E-state index >= 15 is 0 Å². The van der Waals surface area contributed by atoms with Gasteiger partial charge in [-0.2, -0.15) is 0 Å². The van der Waals surface area contributed by atoms with E-state index < -0.39 is 11.4 Å². The number of hydrogen-bond acceptors (Lipinski definition) is 3. The smallest absolute Gasteiger partial charge is 0.352 e. The molecule has 0 aromatic heterocycles. The molecular formula is C10H5Cl3O2S. The van der Waals surface area contributed by atoms with Crippen molar-refractivity contribution >= 4 is 52.5 Å². The van der Waals surface area contributed by atoms with Crippen LogP contribution in [0.5, 0.6) is 0 Å². The van der Waals surface area contributed by atoms with Gasteiger partial charge in [-0.15, -0.1) is 0 Å². The van der Waals surface area contributed by atoms with E-state index in [1.807, 2.05) is 12.1 Å². The molecule has 0 aliphatic carbocycles. The first-order valence-corrected chi connectivity index (χ1v) is 6.27. The van der Waals surface area contributed by atoms with Crippen molar-refractivity contribution in [3.05, 3.63) is 39.4 Å². The van der Waals surface area contributed by atoms with Crippen molar-refractivity contribution in [1.29, 1.82) is 0 Å². The SMILES string of the molecule is O=C1O[C@H](Sc2ccc(Cl)cc2)C(Cl)=C1Cl. The summed E-state index contributed by atoms with van der Waals surface area (Å²) >= 11 is 18.5. The van der Waals surface area contributed by atoms with Gasteiger partial charge in [0.1, 0.15) is 5.03 Å². The van der Waals surface area contributed by atoms with E-state index in [1.165, 1.54) is 11.8 Å². The van der Waals surface area contributed by atoms with Crippen LogP contribution in [0.1, 0.15) is 0 Å². The van der Waals surface area contributed by atoms with Crippen molar-refractivity contribution in [2.75, 3.05) is 0 Å². The molecule has 0 radical (unpaired) electrons. The van der Waals surface area contributed by atoms with Crippen LogP contribution in [0.25, 0.3) is 0 Å². The predicted octanol–water partition coefficient (Wildman–Crippen LogP) is 4.00. The summed E-state index contributed by atoms with van der Waals surface area (Å²) in [5.74, 6) is -0.585. The number of carbonyl (C=O) groups excluding carboxylic acids is 1. The number of benzene rings is 1. The standard InChI is InChI=1S/C10H5Cl3O2S/c11-5-1-3-6(4-2-5)16-10-8(13)7(12)9(14)15-10/h1-4,10H/t10-/m1/s1. The van der Waals surface area contributed by atoms with Crippen LogP contribution in [0.3, 0.4) is 0 Å². The van der Waals surface area contributed by atoms with E-state index in [0.29, 0.717) is 5.02 Å². The Morgan fingerprint density at radius 2 is 1.75 bits per heavy atom. The number of hydrogen-bond donors (Lipinski definition) is 0. The van der Waals surface area contributed by atoms with E-state index in [2.05, 4.69) is 0 Å². The summed E-state index contributed by atoms with van der Waals surface area (Å²) in [6.45, 7) is 0. The van der Waals surface area contributed by atoms with Crippen molar-refractivity contribution in [2.45, 2.75) is 10.3 Å². The Balaban J connectivity index is 2.12. The molecule has 16 heavy (non-hydrogen) atoms. The van der Waals surface area contributed by atoms with Gasteiger partial charge in [0.25, 0.3) is 0 Å². The van der Waals surface area contributed by atoms with Crippen molar-refractivity contribution in [2.24, 2.45) is 0 Å². The summed E-state index contributed by atoms with van der Waals surface area (Å²) in [4.78, 5) is 12.0. The minimum Gasteiger partial charge on any atom is -0.441 e. The molecule has 0 amide bonds. The highest BCUT2D eigenvalue weighted by Crippen LogP contribution is 2.38. The predicted molar refractivity (Wildman–Crippen MR) is 65.9 cm³/mol. The lowest BCUT2D eigenvalue weighted by molar-refractivity contribution is -0.136. The Morgan fingerprint density at radius 3 is 2.25 bits per heavy atom. The number of esters is 1. The lowest BCUT2D eigenvalue weighted by Crippen LogP contribution is -2.04. The van der Waals surface area contributed by atoms with Gasteiger partial charge >= 0.3 is 5.97 Å². The van der Waals surface area contributed by atoms with Crippen LogP contribution < -0.4 is 0 Å². The Morgan fingerprint density at radius 1 is 1.12 bits per heavy atom. The van der Waals surface area contributed by atoms with E-state index in [4.69, 9.17) is 39.5 Å². The highest BCUT2D eigenvalue weighted by atomic mass is 35.5. The second-order valence-corrected chi connectivity index (χ2v) is 5.33. The van der Waals surface area contributed by atoms with Crippen molar-refractivity contribution < 1.29 is 9.53 Å². The molecule has 1 aliphatic rings. The molecule has 1 heterocycles. The number of carbonyl (C=O) groups is 1. The van der Waals surface area contributed by atoms with Gasteiger partial charge in [0.15, 0.2) is 5.44 Å². The average molecular weight is 296 g/mol. The van der Waals surface area contributed by atoms with E-state index in [-0.39, 0.29) is 10.1 Å². The van der Waals surface area contributed by atoms with Gasteiger partial charge in [0, 0.05) is 9.92 Å². The van der Waals surface area contributed by atoms with Gasteiger partial charge in [-0.1, -0.05) is 46.6 Å². The molecule has 0 N–H and O–H groups in total. The Bertz CT molecular complexity index is 456. The third-order valence-corrected chi connectivity index (χ3v) is 4.18. The molecule has 84 valence electrons. The maximum atomic E-state index is 11.1. The Kier molecular flexibility index (Phi) is 3.70. The van der Waals surface area contributed by atoms with Gasteiger partial charge in [-0.25, -0.2) is 4.79 Å². The minimum absolute atomic E-state index is 0.0480. The highest BCUT2D eigenvalue weighted by molar-refractivity contribution is 8.00. The third kappa shape index (κ3) is 2.48. The Labute approximate surface area is 112 Å². The number of thioether (sulfide) groups is 1. The van der Waals surface area contributed by atoms with Crippen LogP contribution in [0, 0.1) is 0 Å². The molecule has 1 atom stereocenters. The van der Waals surface area contributed by atoms with Crippen LogP contribution in [-0.4, -0.2) is 11.4 Å².